The van der Waals surface area contributed by atoms with E-state index in [0.717, 1.165) is 17.7 Å². The van der Waals surface area contributed by atoms with Crippen LogP contribution >= 0.6 is 35.3 Å². The maximum Gasteiger partial charge on any atom is 0.278 e. The largest absolute Gasteiger partial charge is 0.355 e. The van der Waals surface area contributed by atoms with Crippen LogP contribution in [0, 0.1) is 10.9 Å². The van der Waals surface area contributed by atoms with Gasteiger partial charge in [-0.25, -0.2) is 4.98 Å². The van der Waals surface area contributed by atoms with Crippen molar-refractivity contribution in [2.75, 3.05) is 12.3 Å². The van der Waals surface area contributed by atoms with Gasteiger partial charge in [0.25, 0.3) is 5.56 Å². The van der Waals surface area contributed by atoms with Gasteiger partial charge in [0.15, 0.2) is 14.8 Å². The molecule has 0 aliphatic rings. The minimum Gasteiger partial charge on any atom is -0.355 e. The highest BCUT2D eigenvalue weighted by molar-refractivity contribution is 7.99. The number of aryl methyl sites for hydroxylation is 1. The molecule has 0 radical (unpaired) electrons. The molecule has 3 aromatic carbocycles. The van der Waals surface area contributed by atoms with Gasteiger partial charge in [0.2, 0.25) is 5.91 Å². The third-order valence-electron chi connectivity index (χ3n) is 5.86. The van der Waals surface area contributed by atoms with E-state index in [9.17, 15) is 9.59 Å². The van der Waals surface area contributed by atoms with Crippen LogP contribution in [0.5, 0.6) is 0 Å². The van der Waals surface area contributed by atoms with E-state index in [0.29, 0.717) is 31.7 Å². The van der Waals surface area contributed by atoms with Gasteiger partial charge >= 0.3 is 0 Å². The van der Waals surface area contributed by atoms with E-state index in [1.807, 2.05) is 96.4 Å². The third kappa shape index (κ3) is 5.44. The molecule has 0 aliphatic heterocycles. The molecule has 2 aromatic heterocycles. The molecular formula is C28H24N4O2S3. The number of carbonyl (C=O) groups is 1. The van der Waals surface area contributed by atoms with E-state index in [-0.39, 0.29) is 17.2 Å². The molecule has 2 heterocycles. The summed E-state index contributed by atoms with van der Waals surface area (Å²) in [7, 11) is 0. The minimum absolute atomic E-state index is 0.115. The van der Waals surface area contributed by atoms with E-state index >= 15 is 0 Å². The number of thiazole rings is 1. The second-order valence-electron chi connectivity index (χ2n) is 8.39. The van der Waals surface area contributed by atoms with Crippen molar-refractivity contribution in [1.29, 1.82) is 0 Å². The molecule has 0 saturated carbocycles. The van der Waals surface area contributed by atoms with E-state index in [4.69, 9.17) is 17.2 Å². The quantitative estimate of drug-likeness (QED) is 0.154. The Morgan fingerprint density at radius 2 is 1.65 bits per heavy atom. The summed E-state index contributed by atoms with van der Waals surface area (Å²) in [6, 6.07) is 27.2. The highest BCUT2D eigenvalue weighted by Crippen LogP contribution is 2.28. The minimum atomic E-state index is -0.202. The number of nitrogens with one attached hydrogen (secondary N) is 1. The fraction of sp³-hybridized carbons (Fsp3) is 0.143. The van der Waals surface area contributed by atoms with Crippen molar-refractivity contribution in [3.8, 4) is 11.4 Å². The summed E-state index contributed by atoms with van der Waals surface area (Å²) in [4.78, 5) is 31.3. The molecule has 6 nitrogen and oxygen atoms in total. The number of para-hydroxylation sites is 2. The number of aromatic nitrogens is 3. The van der Waals surface area contributed by atoms with Crippen molar-refractivity contribution in [2.45, 2.75) is 18.5 Å². The number of benzene rings is 3. The zero-order valence-corrected chi connectivity index (χ0v) is 22.5. The number of nitrogens with zero attached hydrogens (tertiary/aromatic N) is 3. The molecular weight excluding hydrogens is 521 g/mol. The van der Waals surface area contributed by atoms with Crippen LogP contribution in [0.4, 0.5) is 0 Å². The Kier molecular flexibility index (Phi) is 7.64. The standard InChI is InChI=1S/C28H24N4O2S3/c1-19-10-8-9-15-22(19)32-25-24(37-28(32)35)26(34)31(21-13-6-3-7-14-21)27(30-25)36-18-23(33)29-17-16-20-11-4-2-5-12-20/h2-15H,16-18H2,1H3,(H,29,33). The van der Waals surface area contributed by atoms with Crippen LogP contribution < -0.4 is 10.9 Å². The van der Waals surface area contributed by atoms with Gasteiger partial charge in [0.05, 0.1) is 17.1 Å². The predicted octanol–water partition coefficient (Wildman–Crippen LogP) is 5.73. The average molecular weight is 545 g/mol. The Hall–Kier alpha value is -3.53. The summed E-state index contributed by atoms with van der Waals surface area (Å²) in [6.07, 6.45) is 0.753. The number of hydrogen-bond donors (Lipinski definition) is 1. The summed E-state index contributed by atoms with van der Waals surface area (Å²) in [5.74, 6) is 0.0189. The van der Waals surface area contributed by atoms with Gasteiger partial charge < -0.3 is 5.32 Å². The van der Waals surface area contributed by atoms with Crippen LogP contribution in [0.15, 0.2) is 94.9 Å². The molecule has 186 valence electrons. The molecule has 5 aromatic rings. The van der Waals surface area contributed by atoms with Crippen LogP contribution in [-0.4, -0.2) is 32.3 Å². The summed E-state index contributed by atoms with van der Waals surface area (Å²) in [6.45, 7) is 2.54. The maximum absolute atomic E-state index is 13.8. The zero-order chi connectivity index (χ0) is 25.8. The summed E-state index contributed by atoms with van der Waals surface area (Å²) in [5, 5.41) is 3.41. The lowest BCUT2D eigenvalue weighted by Crippen LogP contribution is -2.28. The van der Waals surface area contributed by atoms with Crippen molar-refractivity contribution >= 4 is 51.6 Å². The van der Waals surface area contributed by atoms with Gasteiger partial charge in [-0.05, 0) is 54.9 Å². The van der Waals surface area contributed by atoms with Crippen LogP contribution in [0.1, 0.15) is 11.1 Å². The molecule has 0 saturated heterocycles. The first-order chi connectivity index (χ1) is 18.0. The molecule has 0 atom stereocenters. The highest BCUT2D eigenvalue weighted by atomic mass is 32.2. The Balaban J connectivity index is 1.49. The summed E-state index contributed by atoms with van der Waals surface area (Å²) >= 11 is 8.17. The lowest BCUT2D eigenvalue weighted by Gasteiger charge is -2.13. The second-order valence-corrected chi connectivity index (χ2v) is 11.0. The number of fused-ring (bicyclic) bond motifs is 1. The Bertz CT molecular complexity index is 1680. The fourth-order valence-electron chi connectivity index (χ4n) is 4.04. The molecule has 5 rings (SSSR count). The van der Waals surface area contributed by atoms with Crippen molar-refractivity contribution in [3.63, 3.8) is 0 Å². The molecule has 0 aliphatic carbocycles. The monoisotopic (exact) mass is 544 g/mol. The molecule has 0 fully saturated rings. The van der Waals surface area contributed by atoms with Crippen molar-refractivity contribution < 1.29 is 4.79 Å². The van der Waals surface area contributed by atoms with Gasteiger partial charge in [-0.2, -0.15) is 0 Å². The normalized spacial score (nSPS) is 11.1. The lowest BCUT2D eigenvalue weighted by atomic mass is 10.1. The van der Waals surface area contributed by atoms with E-state index in [2.05, 4.69) is 5.32 Å². The number of carbonyl (C=O) groups excluding carboxylic acids is 1. The van der Waals surface area contributed by atoms with E-state index in [1.165, 1.54) is 28.7 Å². The van der Waals surface area contributed by atoms with Gasteiger partial charge in [-0.15, -0.1) is 0 Å². The average Bonchev–Trinajstić information content (AvgIpc) is 3.25. The zero-order valence-electron chi connectivity index (χ0n) is 20.1. The molecule has 0 unspecified atom stereocenters. The molecule has 9 heteroatoms. The Labute approximate surface area is 227 Å². The molecule has 0 bridgehead atoms. The van der Waals surface area contributed by atoms with Crippen LogP contribution in [0.2, 0.25) is 0 Å². The Morgan fingerprint density at radius 3 is 2.38 bits per heavy atom. The number of rotatable bonds is 8. The fourth-order valence-corrected chi connectivity index (χ4v) is 6.16. The van der Waals surface area contributed by atoms with E-state index < -0.39 is 0 Å². The van der Waals surface area contributed by atoms with Gasteiger partial charge in [0.1, 0.15) is 4.70 Å². The maximum atomic E-state index is 13.8. The molecule has 1 N–H and O–H groups in total. The number of hydrogen-bond acceptors (Lipinski definition) is 6. The van der Waals surface area contributed by atoms with Crippen LogP contribution in [0.25, 0.3) is 21.7 Å². The van der Waals surface area contributed by atoms with Crippen LogP contribution in [-0.2, 0) is 11.2 Å². The first-order valence-corrected chi connectivity index (χ1v) is 14.0. The number of amides is 1. The lowest BCUT2D eigenvalue weighted by molar-refractivity contribution is -0.118. The molecule has 1 amide bonds. The Morgan fingerprint density at radius 1 is 0.973 bits per heavy atom. The van der Waals surface area contributed by atoms with Crippen molar-refractivity contribution in [3.05, 3.63) is 110 Å². The highest BCUT2D eigenvalue weighted by Gasteiger charge is 2.20. The van der Waals surface area contributed by atoms with Crippen molar-refractivity contribution in [2.24, 2.45) is 0 Å². The third-order valence-corrected chi connectivity index (χ3v) is 8.15. The topological polar surface area (TPSA) is 68.9 Å². The SMILES string of the molecule is Cc1ccccc1-n1c(=S)sc2c(=O)n(-c3ccccc3)c(SCC(=O)NCCc3ccccc3)nc21. The summed E-state index contributed by atoms with van der Waals surface area (Å²) in [5.41, 5.74) is 4.08. The first kappa shape index (κ1) is 25.1. The predicted molar refractivity (Wildman–Crippen MR) is 154 cm³/mol. The number of thioether (sulfide) groups is 1. The molecule has 0 spiro atoms. The first-order valence-electron chi connectivity index (χ1n) is 11.8. The van der Waals surface area contributed by atoms with Crippen LogP contribution in [0.3, 0.4) is 0 Å². The second kappa shape index (κ2) is 11.2. The van der Waals surface area contributed by atoms with E-state index in [1.54, 1.807) is 4.57 Å². The smallest absolute Gasteiger partial charge is 0.278 e. The molecule has 37 heavy (non-hydrogen) atoms. The van der Waals surface area contributed by atoms with Gasteiger partial charge in [0, 0.05) is 6.54 Å². The van der Waals surface area contributed by atoms with Gasteiger partial charge in [-0.1, -0.05) is 89.8 Å². The van der Waals surface area contributed by atoms with Crippen molar-refractivity contribution in [1.82, 2.24) is 19.4 Å². The van der Waals surface area contributed by atoms with Gasteiger partial charge in [-0.3, -0.25) is 18.7 Å². The summed E-state index contributed by atoms with van der Waals surface area (Å²) < 4.78 is 4.45.